The molecule has 3 unspecified atom stereocenters. The van der Waals surface area contributed by atoms with Gasteiger partial charge in [-0.25, -0.2) is 0 Å². The topological polar surface area (TPSA) is 34.1 Å². The molecule has 1 rings (SSSR count). The highest BCUT2D eigenvalue weighted by Gasteiger charge is 2.29. The number of hydrogen-bond donors (Lipinski definition) is 0. The minimum Gasteiger partial charge on any atom is -0.293 e. The first kappa shape index (κ1) is 15.1. The quantitative estimate of drug-likeness (QED) is 0.739. The molecule has 0 saturated heterocycles. The second kappa shape index (κ2) is 6.83. The fraction of sp³-hybridized carbons (Fsp3) is 0.533. The fourth-order valence-corrected chi connectivity index (χ4v) is 3.50. The van der Waals surface area contributed by atoms with Crippen LogP contribution in [-0.4, -0.2) is 20.5 Å². The largest absolute Gasteiger partial charge is 0.293 e. The first-order valence-corrected chi connectivity index (χ1v) is 7.75. The maximum absolute atomic E-state index is 12.4. The van der Waals surface area contributed by atoms with E-state index in [-0.39, 0.29) is 16.3 Å². The van der Waals surface area contributed by atoms with Crippen molar-refractivity contribution in [3.63, 3.8) is 0 Å². The Balaban J connectivity index is 2.91. The minimum atomic E-state index is -1.11. The van der Waals surface area contributed by atoms with E-state index in [0.717, 1.165) is 0 Å². The number of hydrogen-bond acceptors (Lipinski definition) is 2. The molecule has 0 saturated carbocycles. The van der Waals surface area contributed by atoms with Crippen LogP contribution in [0.15, 0.2) is 30.3 Å². The molecule has 18 heavy (non-hydrogen) atoms. The van der Waals surface area contributed by atoms with E-state index in [9.17, 15) is 9.00 Å². The van der Waals surface area contributed by atoms with Gasteiger partial charge in [-0.2, -0.15) is 0 Å². The molecule has 0 aliphatic carbocycles. The van der Waals surface area contributed by atoms with Crippen molar-refractivity contribution < 1.29 is 9.00 Å². The molecule has 0 bridgehead atoms. The minimum absolute atomic E-state index is 0.00364. The van der Waals surface area contributed by atoms with Crippen molar-refractivity contribution in [2.24, 2.45) is 5.92 Å². The number of ketones is 1. The lowest BCUT2D eigenvalue weighted by molar-refractivity contribution is 0.0986. The van der Waals surface area contributed by atoms with Crippen LogP contribution in [0.1, 0.15) is 44.5 Å². The number of Topliss-reactive ketones (excluding diaryl/α,β-unsaturated/α-hetero) is 1. The van der Waals surface area contributed by atoms with Gasteiger partial charge in [-0.1, -0.05) is 58.0 Å². The Hall–Kier alpha value is -0.960. The zero-order valence-electron chi connectivity index (χ0n) is 11.6. The van der Waals surface area contributed by atoms with Gasteiger partial charge in [0.1, 0.15) is 0 Å². The summed E-state index contributed by atoms with van der Waals surface area (Å²) in [5.41, 5.74) is 0.661. The Kier molecular flexibility index (Phi) is 5.73. The summed E-state index contributed by atoms with van der Waals surface area (Å²) in [5.74, 6) is 0.326. The summed E-state index contributed by atoms with van der Waals surface area (Å²) in [6.07, 6.45) is 0.622. The molecule has 0 fully saturated rings. The van der Waals surface area contributed by atoms with Gasteiger partial charge in [0.2, 0.25) is 0 Å². The van der Waals surface area contributed by atoms with Crippen LogP contribution in [0.2, 0.25) is 0 Å². The number of rotatable bonds is 6. The molecule has 3 heteroatoms. The fourth-order valence-electron chi connectivity index (χ4n) is 1.77. The lowest BCUT2D eigenvalue weighted by Gasteiger charge is -2.21. The summed E-state index contributed by atoms with van der Waals surface area (Å²) in [6.45, 7) is 7.97. The standard InChI is InChI=1S/C15H22O2S/c1-5-14(18(17)12(4)11(2)3)15(16)13-9-7-6-8-10-13/h6-12,14H,5H2,1-4H3. The van der Waals surface area contributed by atoms with Crippen LogP contribution in [0.4, 0.5) is 0 Å². The van der Waals surface area contributed by atoms with E-state index in [0.29, 0.717) is 17.9 Å². The number of carbonyl (C=O) groups excluding carboxylic acids is 1. The van der Waals surface area contributed by atoms with Gasteiger partial charge in [-0.15, -0.1) is 0 Å². The van der Waals surface area contributed by atoms with Crippen LogP contribution in [0.5, 0.6) is 0 Å². The van der Waals surface area contributed by atoms with E-state index < -0.39 is 10.8 Å². The van der Waals surface area contributed by atoms with Gasteiger partial charge in [-0.3, -0.25) is 9.00 Å². The lowest BCUT2D eigenvalue weighted by atomic mass is 10.1. The molecule has 0 aromatic heterocycles. The highest BCUT2D eigenvalue weighted by Crippen LogP contribution is 2.18. The Morgan fingerprint density at radius 1 is 1.17 bits per heavy atom. The van der Waals surface area contributed by atoms with Crippen molar-refractivity contribution in [2.75, 3.05) is 0 Å². The molecule has 0 amide bonds. The van der Waals surface area contributed by atoms with Gasteiger partial charge in [-0.05, 0) is 12.3 Å². The summed E-state index contributed by atoms with van der Waals surface area (Å²) >= 11 is 0. The van der Waals surface area contributed by atoms with Crippen molar-refractivity contribution in [1.29, 1.82) is 0 Å². The van der Waals surface area contributed by atoms with Crippen molar-refractivity contribution in [1.82, 2.24) is 0 Å². The maximum Gasteiger partial charge on any atom is 0.178 e. The van der Waals surface area contributed by atoms with E-state index >= 15 is 0 Å². The normalized spacial score (nSPS) is 16.3. The average molecular weight is 266 g/mol. The van der Waals surface area contributed by atoms with Gasteiger partial charge in [0.15, 0.2) is 5.78 Å². The smallest absolute Gasteiger partial charge is 0.178 e. The second-order valence-electron chi connectivity index (χ2n) is 4.90. The molecular formula is C15H22O2S. The van der Waals surface area contributed by atoms with E-state index in [1.54, 1.807) is 12.1 Å². The van der Waals surface area contributed by atoms with E-state index in [4.69, 9.17) is 0 Å². The van der Waals surface area contributed by atoms with Crippen LogP contribution >= 0.6 is 0 Å². The zero-order chi connectivity index (χ0) is 13.7. The van der Waals surface area contributed by atoms with Crippen LogP contribution in [-0.2, 0) is 10.8 Å². The molecule has 100 valence electrons. The Labute approximate surface area is 112 Å². The SMILES string of the molecule is CCC(C(=O)c1ccccc1)S(=O)C(C)C(C)C. The zero-order valence-corrected chi connectivity index (χ0v) is 12.4. The highest BCUT2D eigenvalue weighted by molar-refractivity contribution is 7.87. The molecule has 3 atom stereocenters. The molecule has 0 aliphatic rings. The van der Waals surface area contributed by atoms with Crippen LogP contribution < -0.4 is 0 Å². The summed E-state index contributed by atoms with van der Waals surface area (Å²) in [5, 5.41) is -0.340. The molecule has 2 nitrogen and oxygen atoms in total. The molecular weight excluding hydrogens is 244 g/mol. The van der Waals surface area contributed by atoms with Gasteiger partial charge in [0.25, 0.3) is 0 Å². The van der Waals surface area contributed by atoms with Crippen molar-refractivity contribution >= 4 is 16.6 Å². The lowest BCUT2D eigenvalue weighted by Crippen LogP contribution is -2.33. The Bertz CT molecular complexity index is 412. The predicted molar refractivity (Wildman–Crippen MR) is 77.3 cm³/mol. The number of benzene rings is 1. The summed E-state index contributed by atoms with van der Waals surface area (Å²) in [4.78, 5) is 12.4. The second-order valence-corrected chi connectivity index (χ2v) is 6.87. The van der Waals surface area contributed by atoms with Crippen molar-refractivity contribution in [3.05, 3.63) is 35.9 Å². The molecule has 0 radical (unpaired) electrons. The first-order valence-electron chi connectivity index (χ1n) is 6.47. The van der Waals surface area contributed by atoms with Crippen LogP contribution in [0, 0.1) is 5.92 Å². The van der Waals surface area contributed by atoms with E-state index in [1.807, 2.05) is 45.9 Å². The molecule has 0 spiro atoms. The first-order chi connectivity index (χ1) is 8.49. The highest BCUT2D eigenvalue weighted by atomic mass is 32.2. The molecule has 0 heterocycles. The third kappa shape index (κ3) is 3.52. The van der Waals surface area contributed by atoms with Crippen LogP contribution in [0.25, 0.3) is 0 Å². The van der Waals surface area contributed by atoms with E-state index in [1.165, 1.54) is 0 Å². The maximum atomic E-state index is 12.4. The van der Waals surface area contributed by atoms with Crippen molar-refractivity contribution in [3.8, 4) is 0 Å². The third-order valence-electron chi connectivity index (χ3n) is 3.31. The molecule has 1 aromatic carbocycles. The Morgan fingerprint density at radius 3 is 2.17 bits per heavy atom. The summed E-state index contributed by atoms with van der Waals surface area (Å²) in [7, 11) is -1.11. The van der Waals surface area contributed by atoms with Crippen LogP contribution in [0.3, 0.4) is 0 Å². The van der Waals surface area contributed by atoms with E-state index in [2.05, 4.69) is 0 Å². The predicted octanol–water partition coefficient (Wildman–Crippen LogP) is 3.44. The van der Waals surface area contributed by atoms with Gasteiger partial charge < -0.3 is 0 Å². The van der Waals surface area contributed by atoms with Gasteiger partial charge >= 0.3 is 0 Å². The van der Waals surface area contributed by atoms with Crippen molar-refractivity contribution in [2.45, 2.75) is 44.6 Å². The number of carbonyl (C=O) groups is 1. The third-order valence-corrected chi connectivity index (χ3v) is 5.69. The van der Waals surface area contributed by atoms with Gasteiger partial charge in [0.05, 0.1) is 5.25 Å². The average Bonchev–Trinajstić information content (AvgIpc) is 2.39. The molecule has 0 aliphatic heterocycles. The van der Waals surface area contributed by atoms with Gasteiger partial charge in [0, 0.05) is 21.6 Å². The molecule has 0 N–H and O–H groups in total. The summed E-state index contributed by atoms with van der Waals surface area (Å²) < 4.78 is 12.4. The summed E-state index contributed by atoms with van der Waals surface area (Å²) in [6, 6.07) is 9.15. The molecule has 1 aromatic rings. The monoisotopic (exact) mass is 266 g/mol. The Morgan fingerprint density at radius 2 is 1.72 bits per heavy atom.